The molecule has 19 heavy (non-hydrogen) atoms. The van der Waals surface area contributed by atoms with E-state index in [1.807, 2.05) is 24.3 Å². The molecule has 0 saturated heterocycles. The number of aromatic nitrogens is 1. The molecule has 0 bridgehead atoms. The zero-order valence-corrected chi connectivity index (χ0v) is 11.3. The van der Waals surface area contributed by atoms with Crippen molar-refractivity contribution >= 4 is 11.3 Å². The van der Waals surface area contributed by atoms with Gasteiger partial charge in [0.15, 0.2) is 0 Å². The van der Waals surface area contributed by atoms with Crippen LogP contribution in [0.5, 0.6) is 5.75 Å². The first kappa shape index (κ1) is 11.9. The van der Waals surface area contributed by atoms with Gasteiger partial charge < -0.3 is 5.11 Å². The standard InChI is InChI=1S/C16H13NOS/c1-11-5-2-3-8-14(11)15-10-19-16(17-15)12-6-4-7-13(18)9-12/h2-10,18H,1H3. The van der Waals surface area contributed by atoms with E-state index in [0.717, 1.165) is 21.8 Å². The third-order valence-corrected chi connectivity index (χ3v) is 3.91. The fraction of sp³-hybridized carbons (Fsp3) is 0.0625. The van der Waals surface area contributed by atoms with Crippen molar-refractivity contribution in [2.45, 2.75) is 6.92 Å². The predicted octanol–water partition coefficient (Wildman–Crippen LogP) is 4.49. The van der Waals surface area contributed by atoms with Crippen molar-refractivity contribution < 1.29 is 5.11 Å². The summed E-state index contributed by atoms with van der Waals surface area (Å²) in [6.45, 7) is 2.09. The lowest BCUT2D eigenvalue weighted by molar-refractivity contribution is 0.475. The molecule has 3 aromatic rings. The first-order valence-electron chi connectivity index (χ1n) is 6.05. The maximum Gasteiger partial charge on any atom is 0.124 e. The van der Waals surface area contributed by atoms with Crippen molar-refractivity contribution in [2.24, 2.45) is 0 Å². The molecule has 0 aliphatic carbocycles. The molecule has 1 aromatic heterocycles. The fourth-order valence-corrected chi connectivity index (χ4v) is 2.85. The minimum atomic E-state index is 0.269. The third kappa shape index (κ3) is 2.37. The van der Waals surface area contributed by atoms with Crippen LogP contribution in [0.25, 0.3) is 21.8 Å². The molecule has 0 aliphatic rings. The summed E-state index contributed by atoms with van der Waals surface area (Å²) in [5.41, 5.74) is 4.31. The van der Waals surface area contributed by atoms with E-state index in [0.29, 0.717) is 0 Å². The van der Waals surface area contributed by atoms with Gasteiger partial charge in [-0.25, -0.2) is 4.98 Å². The van der Waals surface area contributed by atoms with E-state index in [4.69, 9.17) is 0 Å². The van der Waals surface area contributed by atoms with Gasteiger partial charge in [0.05, 0.1) is 5.69 Å². The molecule has 0 fully saturated rings. The summed E-state index contributed by atoms with van der Waals surface area (Å²) in [7, 11) is 0. The first-order chi connectivity index (χ1) is 9.24. The zero-order valence-electron chi connectivity index (χ0n) is 10.5. The molecular weight excluding hydrogens is 254 g/mol. The van der Waals surface area contributed by atoms with Crippen LogP contribution in [0, 0.1) is 6.92 Å². The largest absolute Gasteiger partial charge is 0.508 e. The second-order valence-corrected chi connectivity index (χ2v) is 5.26. The van der Waals surface area contributed by atoms with Gasteiger partial charge in [-0.15, -0.1) is 11.3 Å². The average molecular weight is 267 g/mol. The van der Waals surface area contributed by atoms with Crippen molar-refractivity contribution in [3.63, 3.8) is 0 Å². The van der Waals surface area contributed by atoms with E-state index in [2.05, 4.69) is 29.4 Å². The topological polar surface area (TPSA) is 33.1 Å². The molecule has 2 aromatic carbocycles. The van der Waals surface area contributed by atoms with Crippen molar-refractivity contribution in [3.05, 3.63) is 59.5 Å². The van der Waals surface area contributed by atoms with Crippen LogP contribution < -0.4 is 0 Å². The Hall–Kier alpha value is -2.13. The van der Waals surface area contributed by atoms with Crippen molar-refractivity contribution in [2.75, 3.05) is 0 Å². The van der Waals surface area contributed by atoms with Gasteiger partial charge >= 0.3 is 0 Å². The normalized spacial score (nSPS) is 10.6. The molecule has 0 spiro atoms. The van der Waals surface area contributed by atoms with Gasteiger partial charge in [-0.2, -0.15) is 0 Å². The molecule has 3 heteroatoms. The molecule has 0 atom stereocenters. The SMILES string of the molecule is Cc1ccccc1-c1csc(-c2cccc(O)c2)n1. The van der Waals surface area contributed by atoms with Gasteiger partial charge in [-0.05, 0) is 24.6 Å². The van der Waals surface area contributed by atoms with Crippen LogP contribution in [0.2, 0.25) is 0 Å². The maximum atomic E-state index is 9.52. The summed E-state index contributed by atoms with van der Waals surface area (Å²) < 4.78 is 0. The predicted molar refractivity (Wildman–Crippen MR) is 79.4 cm³/mol. The van der Waals surface area contributed by atoms with Crippen LogP contribution in [0.15, 0.2) is 53.9 Å². The van der Waals surface area contributed by atoms with Crippen molar-refractivity contribution in [1.29, 1.82) is 0 Å². The Balaban J connectivity index is 2.03. The van der Waals surface area contributed by atoms with E-state index in [1.165, 1.54) is 5.56 Å². The highest BCUT2D eigenvalue weighted by molar-refractivity contribution is 7.13. The molecule has 0 aliphatic heterocycles. The van der Waals surface area contributed by atoms with Gasteiger partial charge in [0.2, 0.25) is 0 Å². The summed E-state index contributed by atoms with van der Waals surface area (Å²) in [5, 5.41) is 12.5. The highest BCUT2D eigenvalue weighted by Crippen LogP contribution is 2.31. The molecule has 1 N–H and O–H groups in total. The number of benzene rings is 2. The van der Waals surface area contributed by atoms with Crippen LogP contribution in [-0.2, 0) is 0 Å². The summed E-state index contributed by atoms with van der Waals surface area (Å²) in [6.07, 6.45) is 0. The molecule has 1 heterocycles. The van der Waals surface area contributed by atoms with Gasteiger partial charge in [-0.3, -0.25) is 0 Å². The molecule has 0 radical (unpaired) electrons. The second kappa shape index (κ2) is 4.86. The Morgan fingerprint density at radius 1 is 1.05 bits per heavy atom. The Kier molecular flexibility index (Phi) is 3.05. The van der Waals surface area contributed by atoms with Crippen molar-refractivity contribution in [3.8, 4) is 27.6 Å². The average Bonchev–Trinajstić information content (AvgIpc) is 2.89. The monoisotopic (exact) mass is 267 g/mol. The highest BCUT2D eigenvalue weighted by Gasteiger charge is 2.08. The van der Waals surface area contributed by atoms with Crippen molar-refractivity contribution in [1.82, 2.24) is 4.98 Å². The summed E-state index contributed by atoms with van der Waals surface area (Å²) in [4.78, 5) is 4.66. The lowest BCUT2D eigenvalue weighted by Gasteiger charge is -2.01. The van der Waals surface area contributed by atoms with E-state index >= 15 is 0 Å². The smallest absolute Gasteiger partial charge is 0.124 e. The molecule has 0 saturated carbocycles. The van der Waals surface area contributed by atoms with Gasteiger partial charge in [0, 0.05) is 16.5 Å². The zero-order chi connectivity index (χ0) is 13.2. The second-order valence-electron chi connectivity index (χ2n) is 4.40. The number of phenols is 1. The van der Waals surface area contributed by atoms with Crippen LogP contribution in [-0.4, -0.2) is 10.1 Å². The maximum absolute atomic E-state index is 9.52. The quantitative estimate of drug-likeness (QED) is 0.742. The molecule has 0 unspecified atom stereocenters. The number of thiazole rings is 1. The number of phenolic OH excluding ortho intramolecular Hbond substituents is 1. The van der Waals surface area contributed by atoms with E-state index in [-0.39, 0.29) is 5.75 Å². The fourth-order valence-electron chi connectivity index (χ4n) is 2.03. The molecule has 2 nitrogen and oxygen atoms in total. The molecule has 3 rings (SSSR count). The Bertz CT molecular complexity index is 718. The molecular formula is C16H13NOS. The summed E-state index contributed by atoms with van der Waals surface area (Å²) in [5.74, 6) is 0.269. The van der Waals surface area contributed by atoms with Gasteiger partial charge in [0.25, 0.3) is 0 Å². The minimum absolute atomic E-state index is 0.269. The number of hydrogen-bond donors (Lipinski definition) is 1. The first-order valence-corrected chi connectivity index (χ1v) is 6.93. The van der Waals surface area contributed by atoms with Crippen LogP contribution in [0.4, 0.5) is 0 Å². The highest BCUT2D eigenvalue weighted by atomic mass is 32.1. The molecule has 0 amide bonds. The lowest BCUT2D eigenvalue weighted by atomic mass is 10.1. The Labute approximate surface area is 116 Å². The lowest BCUT2D eigenvalue weighted by Crippen LogP contribution is -1.83. The Morgan fingerprint density at radius 2 is 1.89 bits per heavy atom. The summed E-state index contributed by atoms with van der Waals surface area (Å²) in [6, 6.07) is 15.4. The van der Waals surface area contributed by atoms with E-state index in [9.17, 15) is 5.11 Å². The number of nitrogens with zero attached hydrogens (tertiary/aromatic N) is 1. The van der Waals surface area contributed by atoms with Gasteiger partial charge in [0.1, 0.15) is 10.8 Å². The molecule has 94 valence electrons. The number of hydrogen-bond acceptors (Lipinski definition) is 3. The minimum Gasteiger partial charge on any atom is -0.508 e. The van der Waals surface area contributed by atoms with E-state index < -0.39 is 0 Å². The van der Waals surface area contributed by atoms with Crippen LogP contribution >= 0.6 is 11.3 Å². The number of rotatable bonds is 2. The number of aryl methyl sites for hydroxylation is 1. The van der Waals surface area contributed by atoms with Gasteiger partial charge in [-0.1, -0.05) is 36.4 Å². The Morgan fingerprint density at radius 3 is 2.68 bits per heavy atom. The third-order valence-electron chi connectivity index (χ3n) is 3.02. The number of aromatic hydroxyl groups is 1. The van der Waals surface area contributed by atoms with Crippen LogP contribution in [0.1, 0.15) is 5.56 Å². The van der Waals surface area contributed by atoms with Crippen LogP contribution in [0.3, 0.4) is 0 Å². The van der Waals surface area contributed by atoms with E-state index in [1.54, 1.807) is 23.5 Å². The summed E-state index contributed by atoms with van der Waals surface area (Å²) >= 11 is 1.59.